The van der Waals surface area contributed by atoms with Gasteiger partial charge in [0.25, 0.3) is 0 Å². The minimum absolute atomic E-state index is 0.149. The molecule has 0 amide bonds. The van der Waals surface area contributed by atoms with Gasteiger partial charge in [0.05, 0.1) is 5.88 Å². The highest BCUT2D eigenvalue weighted by Crippen LogP contribution is 2.42. The van der Waals surface area contributed by atoms with E-state index in [4.69, 9.17) is 16.3 Å². The number of nitrogens with one attached hydrogen (secondary N) is 1. The maximum absolute atomic E-state index is 5.68. The number of H-pyrrole nitrogens is 1. The lowest BCUT2D eigenvalue weighted by molar-refractivity contribution is -0.0841. The Morgan fingerprint density at radius 2 is 2.46 bits per heavy atom. The monoisotopic (exact) mass is 200 g/mol. The SMILES string of the molecule is COC1(c2ncc(CCl)[nH]2)CCC1. The first-order valence-corrected chi connectivity index (χ1v) is 5.00. The summed E-state index contributed by atoms with van der Waals surface area (Å²) in [5.41, 5.74) is 0.810. The van der Waals surface area contributed by atoms with Crippen molar-refractivity contribution < 1.29 is 4.74 Å². The van der Waals surface area contributed by atoms with Gasteiger partial charge in [0.15, 0.2) is 0 Å². The van der Waals surface area contributed by atoms with E-state index in [1.165, 1.54) is 6.42 Å². The highest BCUT2D eigenvalue weighted by atomic mass is 35.5. The maximum atomic E-state index is 5.68. The van der Waals surface area contributed by atoms with Crippen LogP contribution in [0.3, 0.4) is 0 Å². The van der Waals surface area contributed by atoms with E-state index < -0.39 is 0 Å². The lowest BCUT2D eigenvalue weighted by atomic mass is 9.79. The fourth-order valence-electron chi connectivity index (χ4n) is 1.69. The van der Waals surface area contributed by atoms with E-state index in [1.54, 1.807) is 13.3 Å². The van der Waals surface area contributed by atoms with Crippen LogP contribution in [0.5, 0.6) is 0 Å². The molecule has 0 radical (unpaired) electrons. The van der Waals surface area contributed by atoms with Crippen LogP contribution >= 0.6 is 11.6 Å². The number of hydrogen-bond donors (Lipinski definition) is 1. The van der Waals surface area contributed by atoms with Gasteiger partial charge in [0, 0.05) is 19.0 Å². The molecule has 2 rings (SSSR count). The van der Waals surface area contributed by atoms with Crippen molar-refractivity contribution in [1.82, 2.24) is 9.97 Å². The van der Waals surface area contributed by atoms with Crippen molar-refractivity contribution in [2.75, 3.05) is 7.11 Å². The number of ether oxygens (including phenoxy) is 1. The number of halogens is 1. The van der Waals surface area contributed by atoms with Gasteiger partial charge in [-0.05, 0) is 19.3 Å². The molecule has 0 aliphatic heterocycles. The third kappa shape index (κ3) is 1.36. The highest BCUT2D eigenvalue weighted by molar-refractivity contribution is 6.16. The van der Waals surface area contributed by atoms with Crippen LogP contribution in [0.25, 0.3) is 0 Å². The molecule has 0 atom stereocenters. The molecule has 1 aliphatic rings. The minimum atomic E-state index is -0.149. The molecule has 1 N–H and O–H groups in total. The van der Waals surface area contributed by atoms with Gasteiger partial charge in [-0.25, -0.2) is 4.98 Å². The molecule has 0 spiro atoms. The fraction of sp³-hybridized carbons (Fsp3) is 0.667. The number of aromatic amines is 1. The van der Waals surface area contributed by atoms with Crippen molar-refractivity contribution in [2.45, 2.75) is 30.7 Å². The summed E-state index contributed by atoms with van der Waals surface area (Å²) in [5.74, 6) is 1.41. The first kappa shape index (κ1) is 9.03. The molecule has 1 aromatic rings. The van der Waals surface area contributed by atoms with Crippen LogP contribution in [0.15, 0.2) is 6.20 Å². The first-order valence-electron chi connectivity index (χ1n) is 4.46. The van der Waals surface area contributed by atoms with Crippen molar-refractivity contribution in [2.24, 2.45) is 0 Å². The molecule has 0 saturated heterocycles. The Morgan fingerprint density at radius 3 is 2.85 bits per heavy atom. The molecule has 13 heavy (non-hydrogen) atoms. The van der Waals surface area contributed by atoms with E-state index in [-0.39, 0.29) is 5.60 Å². The summed E-state index contributed by atoms with van der Waals surface area (Å²) in [4.78, 5) is 7.48. The Kier molecular flexibility index (Phi) is 2.30. The molecule has 1 heterocycles. The smallest absolute Gasteiger partial charge is 0.138 e. The molecular formula is C9H13ClN2O. The molecule has 3 nitrogen and oxygen atoms in total. The summed E-state index contributed by atoms with van der Waals surface area (Å²) in [6.07, 6.45) is 5.10. The fourth-order valence-corrected chi connectivity index (χ4v) is 1.83. The molecule has 1 saturated carbocycles. The Labute approximate surface area is 82.5 Å². The number of hydrogen-bond acceptors (Lipinski definition) is 2. The van der Waals surface area contributed by atoms with Crippen LogP contribution in [0, 0.1) is 0 Å². The zero-order chi connectivity index (χ0) is 9.31. The van der Waals surface area contributed by atoms with Crippen LogP contribution < -0.4 is 0 Å². The normalized spacial score (nSPS) is 19.8. The average Bonchev–Trinajstić information content (AvgIpc) is 2.52. The van der Waals surface area contributed by atoms with Gasteiger partial charge in [-0.15, -0.1) is 11.6 Å². The van der Waals surface area contributed by atoms with Crippen molar-refractivity contribution in [1.29, 1.82) is 0 Å². The standard InChI is InChI=1S/C9H13ClN2O/c1-13-9(3-2-4-9)8-11-6-7(5-10)12-8/h6H,2-5H2,1H3,(H,11,12). The predicted octanol–water partition coefficient (Wildman–Crippen LogP) is 2.17. The van der Waals surface area contributed by atoms with Gasteiger partial charge in [-0.1, -0.05) is 0 Å². The van der Waals surface area contributed by atoms with Crippen LogP contribution in [0.1, 0.15) is 30.8 Å². The Morgan fingerprint density at radius 1 is 1.69 bits per heavy atom. The maximum Gasteiger partial charge on any atom is 0.138 e. The Bertz CT molecular complexity index is 288. The lowest BCUT2D eigenvalue weighted by Crippen LogP contribution is -2.37. The molecule has 4 heteroatoms. The van der Waals surface area contributed by atoms with E-state index in [2.05, 4.69) is 9.97 Å². The molecule has 0 bridgehead atoms. The third-order valence-corrected chi connectivity index (χ3v) is 3.04. The second kappa shape index (κ2) is 3.31. The molecule has 1 aromatic heterocycles. The average molecular weight is 201 g/mol. The van der Waals surface area contributed by atoms with E-state index in [9.17, 15) is 0 Å². The zero-order valence-corrected chi connectivity index (χ0v) is 8.40. The van der Waals surface area contributed by atoms with Gasteiger partial charge >= 0.3 is 0 Å². The molecule has 1 fully saturated rings. The predicted molar refractivity (Wildman–Crippen MR) is 50.7 cm³/mol. The van der Waals surface area contributed by atoms with Crippen molar-refractivity contribution in [3.8, 4) is 0 Å². The molecule has 1 aliphatic carbocycles. The number of imidazole rings is 1. The molecule has 0 aromatic carbocycles. The second-order valence-electron chi connectivity index (χ2n) is 3.44. The number of aromatic nitrogens is 2. The highest BCUT2D eigenvalue weighted by Gasteiger charge is 2.41. The van der Waals surface area contributed by atoms with Crippen molar-refractivity contribution in [3.05, 3.63) is 17.7 Å². The molecular weight excluding hydrogens is 188 g/mol. The van der Waals surface area contributed by atoms with E-state index in [0.717, 1.165) is 24.4 Å². The largest absolute Gasteiger partial charge is 0.370 e. The Balaban J connectivity index is 2.23. The summed E-state index contributed by atoms with van der Waals surface area (Å²) in [5, 5.41) is 0. The van der Waals surface area contributed by atoms with E-state index >= 15 is 0 Å². The lowest BCUT2D eigenvalue weighted by Gasteiger charge is -2.38. The molecule has 0 unspecified atom stereocenters. The topological polar surface area (TPSA) is 37.9 Å². The molecule has 72 valence electrons. The van der Waals surface area contributed by atoms with Gasteiger partial charge in [0.1, 0.15) is 11.4 Å². The number of methoxy groups -OCH3 is 1. The Hall–Kier alpha value is -0.540. The number of nitrogens with zero attached hydrogens (tertiary/aromatic N) is 1. The van der Waals surface area contributed by atoms with Gasteiger partial charge in [-0.3, -0.25) is 0 Å². The van der Waals surface area contributed by atoms with Crippen molar-refractivity contribution >= 4 is 11.6 Å². The van der Waals surface area contributed by atoms with Crippen LogP contribution in [0.4, 0.5) is 0 Å². The number of alkyl halides is 1. The van der Waals surface area contributed by atoms with Gasteiger partial charge in [0.2, 0.25) is 0 Å². The summed E-state index contributed by atoms with van der Waals surface area (Å²) >= 11 is 5.68. The van der Waals surface area contributed by atoms with E-state index in [1.807, 2.05) is 0 Å². The van der Waals surface area contributed by atoms with E-state index in [0.29, 0.717) is 5.88 Å². The van der Waals surface area contributed by atoms with Crippen LogP contribution in [-0.2, 0) is 16.2 Å². The first-order chi connectivity index (χ1) is 6.30. The summed E-state index contributed by atoms with van der Waals surface area (Å²) < 4.78 is 5.48. The second-order valence-corrected chi connectivity index (χ2v) is 3.71. The van der Waals surface area contributed by atoms with Crippen molar-refractivity contribution in [3.63, 3.8) is 0 Å². The van der Waals surface area contributed by atoms with Crippen LogP contribution in [0.2, 0.25) is 0 Å². The summed E-state index contributed by atoms with van der Waals surface area (Å²) in [6.45, 7) is 0. The van der Waals surface area contributed by atoms with Crippen LogP contribution in [-0.4, -0.2) is 17.1 Å². The summed E-state index contributed by atoms with van der Waals surface area (Å²) in [6, 6.07) is 0. The number of rotatable bonds is 3. The summed E-state index contributed by atoms with van der Waals surface area (Å²) in [7, 11) is 1.74. The quantitative estimate of drug-likeness (QED) is 0.760. The van der Waals surface area contributed by atoms with Gasteiger partial charge < -0.3 is 9.72 Å². The van der Waals surface area contributed by atoms with Gasteiger partial charge in [-0.2, -0.15) is 0 Å². The minimum Gasteiger partial charge on any atom is -0.370 e. The zero-order valence-electron chi connectivity index (χ0n) is 7.64. The third-order valence-electron chi connectivity index (χ3n) is 2.76.